The van der Waals surface area contributed by atoms with Crippen molar-refractivity contribution in [2.75, 3.05) is 13.2 Å². The fourth-order valence-corrected chi connectivity index (χ4v) is 5.40. The highest BCUT2D eigenvalue weighted by molar-refractivity contribution is 6.38. The predicted molar refractivity (Wildman–Crippen MR) is 143 cm³/mol. The maximum absolute atomic E-state index is 13.2. The average Bonchev–Trinajstić information content (AvgIpc) is 2.91. The highest BCUT2D eigenvalue weighted by Crippen LogP contribution is 2.46. The molecule has 0 amide bonds. The number of carbonyl (C=O) groups excluding carboxylic acids is 3. The number of rotatable bonds is 8. The van der Waals surface area contributed by atoms with E-state index in [9.17, 15) is 14.4 Å². The molecule has 0 aliphatic carbocycles. The van der Waals surface area contributed by atoms with Gasteiger partial charge in [-0.25, -0.2) is 14.4 Å². The van der Waals surface area contributed by atoms with Crippen LogP contribution >= 0.6 is 0 Å². The van der Waals surface area contributed by atoms with Crippen molar-refractivity contribution in [2.24, 2.45) is 0 Å². The molecule has 0 bridgehead atoms. The molecule has 0 aromatic heterocycles. The minimum atomic E-state index is -0.637. The van der Waals surface area contributed by atoms with E-state index in [1.165, 1.54) is 0 Å². The third-order valence-electron chi connectivity index (χ3n) is 7.20. The van der Waals surface area contributed by atoms with Gasteiger partial charge in [0.15, 0.2) is 0 Å². The first-order valence-electron chi connectivity index (χ1n) is 12.8. The fourth-order valence-electron chi connectivity index (χ4n) is 5.40. The Balaban J connectivity index is 1.70. The Bertz CT molecular complexity index is 1660. The Hall–Kier alpha value is -4.19. The molecule has 0 fully saturated rings. The van der Waals surface area contributed by atoms with Crippen molar-refractivity contribution in [2.45, 2.75) is 39.5 Å². The number of cyclic esters (lactones) is 2. The lowest BCUT2D eigenvalue weighted by Crippen LogP contribution is -2.19. The van der Waals surface area contributed by atoms with Gasteiger partial charge in [-0.15, -0.1) is 0 Å². The van der Waals surface area contributed by atoms with Crippen LogP contribution in [0.5, 0.6) is 5.75 Å². The van der Waals surface area contributed by atoms with Crippen LogP contribution in [0.1, 0.15) is 70.6 Å². The topological polar surface area (TPSA) is 78.9 Å². The van der Waals surface area contributed by atoms with E-state index in [-0.39, 0.29) is 5.97 Å². The van der Waals surface area contributed by atoms with Crippen molar-refractivity contribution < 1.29 is 28.6 Å². The minimum absolute atomic E-state index is 0.363. The van der Waals surface area contributed by atoms with Crippen LogP contribution in [-0.4, -0.2) is 31.1 Å². The maximum Gasteiger partial charge on any atom is 0.346 e. The molecule has 0 unspecified atom stereocenters. The van der Waals surface area contributed by atoms with Crippen LogP contribution in [0, 0.1) is 0 Å². The second-order valence-electron chi connectivity index (χ2n) is 9.46. The lowest BCUT2D eigenvalue weighted by Gasteiger charge is -2.21. The van der Waals surface area contributed by atoms with E-state index in [0.717, 1.165) is 63.4 Å². The number of hydrogen-bond acceptors (Lipinski definition) is 6. The number of esters is 3. The quantitative estimate of drug-likeness (QED) is 0.0747. The molecule has 5 aromatic carbocycles. The highest BCUT2D eigenvalue weighted by Gasteiger charge is 2.30. The van der Waals surface area contributed by atoms with Gasteiger partial charge in [0, 0.05) is 16.2 Å². The molecule has 1 aliphatic heterocycles. The SMILES string of the molecule is CCCCOC(=O)c1ccc2c3ccc4c5c(ccc(c6ccc(OCCCC)c1c62)c53)C(=O)OC4=O. The van der Waals surface area contributed by atoms with Crippen LogP contribution in [0.15, 0.2) is 48.5 Å². The molecule has 37 heavy (non-hydrogen) atoms. The van der Waals surface area contributed by atoms with Crippen molar-refractivity contribution in [1.82, 2.24) is 0 Å². The summed E-state index contributed by atoms with van der Waals surface area (Å²) in [7, 11) is 0. The molecule has 0 N–H and O–H groups in total. The van der Waals surface area contributed by atoms with E-state index in [2.05, 4.69) is 13.8 Å². The van der Waals surface area contributed by atoms with Crippen LogP contribution in [0.25, 0.3) is 43.1 Å². The molecule has 6 rings (SSSR count). The summed E-state index contributed by atoms with van der Waals surface area (Å²) >= 11 is 0. The number of hydrogen-bond donors (Lipinski definition) is 0. The van der Waals surface area contributed by atoms with Gasteiger partial charge in [0.25, 0.3) is 0 Å². The van der Waals surface area contributed by atoms with Crippen molar-refractivity contribution >= 4 is 61.0 Å². The molecule has 0 saturated heterocycles. The van der Waals surface area contributed by atoms with Crippen LogP contribution in [0.2, 0.25) is 0 Å². The maximum atomic E-state index is 13.2. The molecule has 6 heteroatoms. The fraction of sp³-hybridized carbons (Fsp3) is 0.258. The summed E-state index contributed by atoms with van der Waals surface area (Å²) in [6.45, 7) is 5.06. The summed E-state index contributed by atoms with van der Waals surface area (Å²) in [6.07, 6.45) is 3.63. The Kier molecular flexibility index (Phi) is 5.67. The first-order chi connectivity index (χ1) is 18.0. The summed E-state index contributed by atoms with van der Waals surface area (Å²) in [5.74, 6) is -1.00. The zero-order chi connectivity index (χ0) is 25.7. The summed E-state index contributed by atoms with van der Waals surface area (Å²) in [4.78, 5) is 38.3. The Morgan fingerprint density at radius 1 is 0.676 bits per heavy atom. The van der Waals surface area contributed by atoms with Gasteiger partial charge in [0.2, 0.25) is 0 Å². The molecule has 0 atom stereocenters. The van der Waals surface area contributed by atoms with Crippen molar-refractivity contribution in [3.8, 4) is 5.75 Å². The van der Waals surface area contributed by atoms with Crippen LogP contribution < -0.4 is 4.74 Å². The molecule has 6 nitrogen and oxygen atoms in total. The van der Waals surface area contributed by atoms with Crippen molar-refractivity contribution in [1.29, 1.82) is 0 Å². The molecule has 0 spiro atoms. The standard InChI is InChI=1S/C31H26O6/c1-3-5-15-35-24-14-13-20-18-8-11-22-27-21(30(33)37-31(22)34)10-7-17(25(18)27)19-9-12-23(28(24)26(19)20)29(32)36-16-6-4-2/h7-14H,3-6,15-16H2,1-2H3. The molecule has 1 aliphatic rings. The first kappa shape index (κ1) is 23.2. The van der Waals surface area contributed by atoms with Gasteiger partial charge < -0.3 is 14.2 Å². The second kappa shape index (κ2) is 9.04. The van der Waals surface area contributed by atoms with Gasteiger partial charge >= 0.3 is 17.9 Å². The molecule has 0 saturated carbocycles. The van der Waals surface area contributed by atoms with Gasteiger partial charge in [-0.2, -0.15) is 0 Å². The van der Waals surface area contributed by atoms with Gasteiger partial charge in [-0.1, -0.05) is 51.0 Å². The molecular formula is C31H26O6. The normalized spacial score (nSPS) is 13.1. The van der Waals surface area contributed by atoms with Crippen molar-refractivity contribution in [3.63, 3.8) is 0 Å². The van der Waals surface area contributed by atoms with Gasteiger partial charge in [-0.05, 0) is 64.0 Å². The molecular weight excluding hydrogens is 468 g/mol. The Labute approximate surface area is 213 Å². The first-order valence-corrected chi connectivity index (χ1v) is 12.8. The summed E-state index contributed by atoms with van der Waals surface area (Å²) < 4.78 is 16.8. The second-order valence-corrected chi connectivity index (χ2v) is 9.46. The molecule has 5 aromatic rings. The Morgan fingerprint density at radius 2 is 1.22 bits per heavy atom. The lowest BCUT2D eigenvalue weighted by molar-refractivity contribution is 0.0390. The third-order valence-corrected chi connectivity index (χ3v) is 7.20. The monoisotopic (exact) mass is 494 g/mol. The largest absolute Gasteiger partial charge is 0.493 e. The zero-order valence-electron chi connectivity index (χ0n) is 20.8. The van der Waals surface area contributed by atoms with Crippen LogP contribution in [0.4, 0.5) is 0 Å². The molecule has 186 valence electrons. The van der Waals surface area contributed by atoms with Crippen LogP contribution in [-0.2, 0) is 9.47 Å². The highest BCUT2D eigenvalue weighted by atomic mass is 16.6. The lowest BCUT2D eigenvalue weighted by atomic mass is 9.85. The van der Waals surface area contributed by atoms with Gasteiger partial charge in [0.05, 0.1) is 29.9 Å². The number of fused-ring (bicyclic) bond motifs is 2. The van der Waals surface area contributed by atoms with Gasteiger partial charge in [0.1, 0.15) is 5.75 Å². The van der Waals surface area contributed by atoms with E-state index < -0.39 is 11.9 Å². The predicted octanol–water partition coefficient (Wildman–Crippen LogP) is 7.18. The van der Waals surface area contributed by atoms with E-state index in [1.807, 2.05) is 30.3 Å². The minimum Gasteiger partial charge on any atom is -0.493 e. The smallest absolute Gasteiger partial charge is 0.346 e. The van der Waals surface area contributed by atoms with E-state index in [1.54, 1.807) is 18.2 Å². The number of carbonyl (C=O) groups is 3. The van der Waals surface area contributed by atoms with Gasteiger partial charge in [-0.3, -0.25) is 0 Å². The Morgan fingerprint density at radius 3 is 1.84 bits per heavy atom. The number of ether oxygens (including phenoxy) is 3. The van der Waals surface area contributed by atoms with E-state index in [4.69, 9.17) is 14.2 Å². The summed E-state index contributed by atoms with van der Waals surface area (Å²) in [5.41, 5.74) is 1.23. The third kappa shape index (κ3) is 3.50. The summed E-state index contributed by atoms with van der Waals surface area (Å²) in [5, 5.41) is 6.70. The summed E-state index contributed by atoms with van der Waals surface area (Å²) in [6, 6.07) is 14.8. The van der Waals surface area contributed by atoms with Crippen LogP contribution in [0.3, 0.4) is 0 Å². The zero-order valence-corrected chi connectivity index (χ0v) is 20.8. The van der Waals surface area contributed by atoms with E-state index in [0.29, 0.717) is 41.0 Å². The van der Waals surface area contributed by atoms with Crippen molar-refractivity contribution in [3.05, 3.63) is 65.2 Å². The molecule has 0 radical (unpaired) electrons. The number of benzene rings is 5. The number of unbranched alkanes of at least 4 members (excludes halogenated alkanes) is 2. The average molecular weight is 495 g/mol. The van der Waals surface area contributed by atoms with E-state index >= 15 is 0 Å². The molecule has 1 heterocycles.